The normalized spacial score (nSPS) is 18.3. The third kappa shape index (κ3) is 10.6. The van der Waals surface area contributed by atoms with Crippen LogP contribution in [-0.2, 0) is 34.9 Å². The second kappa shape index (κ2) is 17.7. The van der Waals surface area contributed by atoms with Crippen molar-refractivity contribution in [1.29, 1.82) is 0 Å². The molecule has 1 fully saturated rings. The fraction of sp³-hybridized carbons (Fsp3) is 0.600. The van der Waals surface area contributed by atoms with Gasteiger partial charge in [0.2, 0.25) is 11.9 Å². The predicted molar refractivity (Wildman–Crippen MR) is 244 cm³/mol. The summed E-state index contributed by atoms with van der Waals surface area (Å²) in [6.07, 6.45) is 0.802. The van der Waals surface area contributed by atoms with Gasteiger partial charge in [-0.25, -0.2) is 4.98 Å². The Morgan fingerprint density at radius 1 is 0.883 bits per heavy atom. The van der Waals surface area contributed by atoms with Gasteiger partial charge in [-0.3, -0.25) is 14.7 Å². The minimum atomic E-state index is -4.50. The third-order valence-electron chi connectivity index (χ3n) is 12.5. The molecule has 0 unspecified atom stereocenters. The molecule has 2 aromatic carbocycles. The second-order valence-electron chi connectivity index (χ2n) is 20.3. The summed E-state index contributed by atoms with van der Waals surface area (Å²) < 4.78 is 57.8. The average molecular weight is 880 g/mol. The molecule has 330 valence electrons. The Kier molecular flexibility index (Phi) is 14.0. The highest BCUT2D eigenvalue weighted by atomic mass is 32.2. The van der Waals surface area contributed by atoms with Crippen molar-refractivity contribution in [3.63, 3.8) is 0 Å². The minimum absolute atomic E-state index is 0.00131. The maximum atomic E-state index is 14.7. The van der Waals surface area contributed by atoms with Gasteiger partial charge in [-0.2, -0.15) is 18.4 Å². The van der Waals surface area contributed by atoms with Crippen molar-refractivity contribution in [1.82, 2.24) is 19.5 Å². The third-order valence-corrected chi connectivity index (χ3v) is 22.9. The molecule has 3 heterocycles. The first-order valence-electron chi connectivity index (χ1n) is 21.3. The molecule has 15 heteroatoms. The van der Waals surface area contributed by atoms with Gasteiger partial charge in [0, 0.05) is 6.42 Å². The summed E-state index contributed by atoms with van der Waals surface area (Å²) in [5.41, 5.74) is 3.53. The van der Waals surface area contributed by atoms with Crippen LogP contribution in [0.25, 0.3) is 11.2 Å². The summed E-state index contributed by atoms with van der Waals surface area (Å²) in [7, 11) is -8.91. The van der Waals surface area contributed by atoms with Crippen LogP contribution in [0, 0.1) is 0 Å². The van der Waals surface area contributed by atoms with Gasteiger partial charge in [-0.05, 0) is 76.3 Å². The lowest BCUT2D eigenvalue weighted by Crippen LogP contribution is -2.48. The van der Waals surface area contributed by atoms with E-state index in [2.05, 4.69) is 96.9 Å². The quantitative estimate of drug-likeness (QED) is 0.0905. The Morgan fingerprint density at radius 2 is 1.47 bits per heavy atom. The topological polar surface area (TPSA) is 144 Å². The molecule has 2 aromatic heterocycles. The lowest BCUT2D eigenvalue weighted by molar-refractivity contribution is -0.115. The molecule has 3 atom stereocenters. The van der Waals surface area contributed by atoms with Crippen LogP contribution in [0.1, 0.15) is 136 Å². The van der Waals surface area contributed by atoms with Gasteiger partial charge in [0.15, 0.2) is 27.8 Å². The van der Waals surface area contributed by atoms with E-state index in [9.17, 15) is 13.2 Å². The van der Waals surface area contributed by atoms with E-state index in [-0.39, 0.29) is 74.1 Å². The van der Waals surface area contributed by atoms with Crippen LogP contribution in [0.5, 0.6) is 5.88 Å². The lowest BCUT2D eigenvalue weighted by Gasteiger charge is -2.40. The highest BCUT2D eigenvalue weighted by Crippen LogP contribution is 2.44. The van der Waals surface area contributed by atoms with Gasteiger partial charge in [-0.1, -0.05) is 126 Å². The summed E-state index contributed by atoms with van der Waals surface area (Å²) in [4.78, 5) is 27.5. The number of hydrogen-bond donors (Lipinski definition) is 1. The van der Waals surface area contributed by atoms with Crippen LogP contribution in [0.4, 0.5) is 5.95 Å². The van der Waals surface area contributed by atoms with Crippen LogP contribution < -0.4 is 9.50 Å². The van der Waals surface area contributed by atoms with E-state index >= 15 is 0 Å². The van der Waals surface area contributed by atoms with E-state index in [1.165, 1.54) is 0 Å². The standard InChI is InChI=1S/C45H69N5O7SSi2/c1-28(2)32-23-33(29(3)4)40(34(24-32)30(5)6)58(52,53)56-42-39-41(48-43(49-42)47-37(51)22-31-20-18-17-19-21-31)50(27-46-39)38-25-35(57-60(15,16)45(10,11)12)36(55-38)26-54-59(13,14)44(7,8)9/h17-21,23-24,27-30,35-36,38H,22,25-26H2,1-16H3,(H,47,48,49,51)/t35-,36+,38+/m0/s1. The number of hydrogen-bond acceptors (Lipinski definition) is 10. The average Bonchev–Trinajstić information content (AvgIpc) is 3.73. The Balaban J connectivity index is 1.62. The van der Waals surface area contributed by atoms with E-state index in [4.69, 9.17) is 22.8 Å². The fourth-order valence-electron chi connectivity index (χ4n) is 6.70. The number of benzene rings is 2. The molecule has 1 amide bonds. The molecule has 60 heavy (non-hydrogen) atoms. The Morgan fingerprint density at radius 3 is 2.00 bits per heavy atom. The molecule has 0 spiro atoms. The number of aromatic nitrogens is 4. The Labute approximate surface area is 361 Å². The van der Waals surface area contributed by atoms with Crippen LogP contribution in [0.3, 0.4) is 0 Å². The van der Waals surface area contributed by atoms with Crippen LogP contribution >= 0.6 is 0 Å². The zero-order valence-corrected chi connectivity index (χ0v) is 41.6. The Bertz CT molecular complexity index is 2230. The number of rotatable bonds is 15. The number of anilines is 1. The highest BCUT2D eigenvalue weighted by molar-refractivity contribution is 7.87. The number of carbonyl (C=O) groups excluding carboxylic acids is 1. The van der Waals surface area contributed by atoms with Gasteiger partial charge >= 0.3 is 10.1 Å². The first-order chi connectivity index (χ1) is 27.6. The van der Waals surface area contributed by atoms with E-state index < -0.39 is 39.1 Å². The monoisotopic (exact) mass is 879 g/mol. The van der Waals surface area contributed by atoms with Crippen molar-refractivity contribution >= 4 is 49.8 Å². The number of imidazole rings is 1. The van der Waals surface area contributed by atoms with Gasteiger partial charge < -0.3 is 17.8 Å². The molecular weight excluding hydrogens is 811 g/mol. The molecule has 0 saturated carbocycles. The van der Waals surface area contributed by atoms with Crippen LogP contribution in [-0.4, -0.2) is 69.3 Å². The number of fused-ring (bicyclic) bond motifs is 1. The smallest absolute Gasteiger partial charge is 0.341 e. The lowest BCUT2D eigenvalue weighted by atomic mass is 9.89. The SMILES string of the molecule is CC(C)c1cc(C(C)C)c(S(=O)(=O)Oc2nc(NC(=O)Cc3ccccc3)nc3c2ncn3[C@H]2C[C@H](O[Si](C)(C)C(C)(C)C)[C@@H](CO[Si](C)(C)C(C)(C)C)O2)c(C(C)C)c1. The molecule has 1 N–H and O–H groups in total. The number of nitrogens with one attached hydrogen (secondary N) is 1. The van der Waals surface area contributed by atoms with Gasteiger partial charge in [0.25, 0.3) is 5.88 Å². The number of ether oxygens (including phenoxy) is 1. The van der Waals surface area contributed by atoms with E-state index in [1.54, 1.807) is 10.9 Å². The maximum Gasteiger partial charge on any atom is 0.341 e. The largest absolute Gasteiger partial charge is 0.414 e. The summed E-state index contributed by atoms with van der Waals surface area (Å²) in [5, 5.41) is 2.75. The van der Waals surface area contributed by atoms with Crippen molar-refractivity contribution in [2.45, 2.75) is 173 Å². The zero-order valence-electron chi connectivity index (χ0n) is 38.8. The van der Waals surface area contributed by atoms with Gasteiger partial charge in [-0.15, -0.1) is 0 Å². The summed E-state index contributed by atoms with van der Waals surface area (Å²) in [6, 6.07) is 13.2. The summed E-state index contributed by atoms with van der Waals surface area (Å²) in [6.45, 7) is 34.6. The van der Waals surface area contributed by atoms with Crippen molar-refractivity contribution in [2.24, 2.45) is 0 Å². The number of nitrogens with zero attached hydrogens (tertiary/aromatic N) is 4. The molecule has 1 aliphatic heterocycles. The molecule has 1 aliphatic rings. The first kappa shape index (κ1) is 47.6. The molecular formula is C45H69N5O7SSi2. The fourth-order valence-corrected chi connectivity index (χ4v) is 10.6. The summed E-state index contributed by atoms with van der Waals surface area (Å²) in [5.74, 6) is -0.854. The predicted octanol–water partition coefficient (Wildman–Crippen LogP) is 10.8. The molecule has 1 saturated heterocycles. The van der Waals surface area contributed by atoms with Crippen molar-refractivity contribution in [2.75, 3.05) is 11.9 Å². The van der Waals surface area contributed by atoms with E-state index in [0.717, 1.165) is 11.1 Å². The van der Waals surface area contributed by atoms with Gasteiger partial charge in [0.05, 0.1) is 25.5 Å². The van der Waals surface area contributed by atoms with Crippen LogP contribution in [0.2, 0.25) is 36.3 Å². The van der Waals surface area contributed by atoms with E-state index in [1.807, 2.05) is 70.2 Å². The molecule has 5 rings (SSSR count). The molecule has 12 nitrogen and oxygen atoms in total. The molecule has 0 bridgehead atoms. The molecule has 0 aliphatic carbocycles. The first-order valence-corrected chi connectivity index (χ1v) is 28.5. The Hall–Kier alpha value is -3.48. The van der Waals surface area contributed by atoms with Gasteiger partial charge in [0.1, 0.15) is 17.2 Å². The van der Waals surface area contributed by atoms with Crippen molar-refractivity contribution < 1.29 is 31.0 Å². The van der Waals surface area contributed by atoms with E-state index in [0.29, 0.717) is 24.2 Å². The van der Waals surface area contributed by atoms with Crippen molar-refractivity contribution in [3.05, 3.63) is 71.0 Å². The van der Waals surface area contributed by atoms with Crippen LogP contribution in [0.15, 0.2) is 53.7 Å². The highest BCUT2D eigenvalue weighted by Gasteiger charge is 2.47. The number of carbonyl (C=O) groups is 1. The summed E-state index contributed by atoms with van der Waals surface area (Å²) >= 11 is 0. The second-order valence-corrected chi connectivity index (χ2v) is 31.3. The van der Waals surface area contributed by atoms with Crippen molar-refractivity contribution in [3.8, 4) is 5.88 Å². The molecule has 0 radical (unpaired) electrons. The zero-order chi connectivity index (χ0) is 44.7. The molecule has 4 aromatic rings. The minimum Gasteiger partial charge on any atom is -0.414 e. The number of amides is 1. The maximum absolute atomic E-state index is 14.7.